The van der Waals surface area contributed by atoms with Crippen molar-refractivity contribution in [1.29, 1.82) is 0 Å². The summed E-state index contributed by atoms with van der Waals surface area (Å²) in [6.45, 7) is 1.77. The van der Waals surface area contributed by atoms with Crippen molar-refractivity contribution in [2.75, 3.05) is 7.11 Å². The number of carbonyl (C=O) groups excluding carboxylic acids is 2. The highest BCUT2D eigenvalue weighted by Crippen LogP contribution is 2.22. The van der Waals surface area contributed by atoms with Gasteiger partial charge in [0.2, 0.25) is 5.91 Å². The number of benzene rings is 1. The summed E-state index contributed by atoms with van der Waals surface area (Å²) in [5.74, 6) is -0.355. The van der Waals surface area contributed by atoms with Crippen molar-refractivity contribution in [1.82, 2.24) is 5.32 Å². The molecule has 1 rings (SSSR count). The van der Waals surface area contributed by atoms with E-state index in [0.29, 0.717) is 22.2 Å². The van der Waals surface area contributed by atoms with Gasteiger partial charge in [-0.15, -0.1) is 0 Å². The van der Waals surface area contributed by atoms with Crippen LogP contribution in [0.4, 0.5) is 0 Å². The summed E-state index contributed by atoms with van der Waals surface area (Å²) in [5, 5.41) is 2.58. The number of primary amides is 1. The molecule has 1 atom stereocenters. The molecule has 0 spiro atoms. The Morgan fingerprint density at radius 1 is 1.50 bits per heavy atom. The number of halogens is 1. The molecule has 18 heavy (non-hydrogen) atoms. The van der Waals surface area contributed by atoms with Crippen molar-refractivity contribution < 1.29 is 14.3 Å². The SMILES string of the molecule is CC[C@H](NC(=O)c1cc(OC)ccc1Br)C(N)=O. The zero-order valence-corrected chi connectivity index (χ0v) is 11.8. The molecular weight excluding hydrogens is 300 g/mol. The van der Waals surface area contributed by atoms with Crippen LogP contribution in [0, 0.1) is 0 Å². The van der Waals surface area contributed by atoms with Gasteiger partial charge in [-0.1, -0.05) is 6.92 Å². The van der Waals surface area contributed by atoms with Gasteiger partial charge in [-0.25, -0.2) is 0 Å². The van der Waals surface area contributed by atoms with Gasteiger partial charge in [0.25, 0.3) is 5.91 Å². The number of ether oxygens (including phenoxy) is 1. The second-order valence-corrected chi connectivity index (χ2v) is 4.54. The molecule has 0 saturated carbocycles. The third-order valence-electron chi connectivity index (χ3n) is 2.48. The first-order valence-corrected chi connectivity index (χ1v) is 6.22. The van der Waals surface area contributed by atoms with E-state index >= 15 is 0 Å². The molecule has 3 N–H and O–H groups in total. The lowest BCUT2D eigenvalue weighted by atomic mass is 10.1. The zero-order valence-electron chi connectivity index (χ0n) is 10.2. The summed E-state index contributed by atoms with van der Waals surface area (Å²) >= 11 is 3.28. The number of hydrogen-bond acceptors (Lipinski definition) is 3. The Bertz CT molecular complexity index is 463. The summed E-state index contributed by atoms with van der Waals surface area (Å²) in [6.07, 6.45) is 0.447. The van der Waals surface area contributed by atoms with Crippen LogP contribution in [0.2, 0.25) is 0 Å². The normalized spacial score (nSPS) is 11.7. The summed E-state index contributed by atoms with van der Waals surface area (Å²) in [6, 6.07) is 4.36. The highest BCUT2D eigenvalue weighted by Gasteiger charge is 2.18. The average Bonchev–Trinajstić information content (AvgIpc) is 2.35. The Morgan fingerprint density at radius 2 is 2.17 bits per heavy atom. The molecule has 5 nitrogen and oxygen atoms in total. The maximum atomic E-state index is 12.0. The molecule has 98 valence electrons. The molecule has 2 amide bonds. The number of methoxy groups -OCH3 is 1. The smallest absolute Gasteiger partial charge is 0.253 e. The first kappa shape index (κ1) is 14.5. The Hall–Kier alpha value is -1.56. The number of rotatable bonds is 5. The number of nitrogens with one attached hydrogen (secondary N) is 1. The molecule has 6 heteroatoms. The van der Waals surface area contributed by atoms with Gasteiger partial charge in [-0.05, 0) is 40.5 Å². The van der Waals surface area contributed by atoms with Crippen molar-refractivity contribution >= 4 is 27.7 Å². The lowest BCUT2D eigenvalue weighted by molar-refractivity contribution is -0.119. The summed E-state index contributed by atoms with van der Waals surface area (Å²) < 4.78 is 5.67. The topological polar surface area (TPSA) is 81.4 Å². The molecule has 0 radical (unpaired) electrons. The molecule has 0 unspecified atom stereocenters. The third-order valence-corrected chi connectivity index (χ3v) is 3.17. The van der Waals surface area contributed by atoms with Crippen LogP contribution in [-0.2, 0) is 4.79 Å². The Balaban J connectivity index is 2.93. The fraction of sp³-hybridized carbons (Fsp3) is 0.333. The Morgan fingerprint density at radius 3 is 2.67 bits per heavy atom. The van der Waals surface area contributed by atoms with Crippen molar-refractivity contribution in [2.45, 2.75) is 19.4 Å². The lowest BCUT2D eigenvalue weighted by Crippen LogP contribution is -2.44. The highest BCUT2D eigenvalue weighted by atomic mass is 79.9. The van der Waals surface area contributed by atoms with Gasteiger partial charge < -0.3 is 15.8 Å². The molecule has 0 aliphatic rings. The lowest BCUT2D eigenvalue weighted by Gasteiger charge is -2.14. The van der Waals surface area contributed by atoms with E-state index in [2.05, 4.69) is 21.2 Å². The standard InChI is InChI=1S/C12H15BrN2O3/c1-3-10(11(14)16)15-12(17)8-6-7(18-2)4-5-9(8)13/h4-6,10H,3H2,1-2H3,(H2,14,16)(H,15,17)/t10-/m0/s1. The highest BCUT2D eigenvalue weighted by molar-refractivity contribution is 9.10. The van der Waals surface area contributed by atoms with E-state index in [4.69, 9.17) is 10.5 Å². The molecule has 0 aromatic heterocycles. The summed E-state index contributed by atoms with van der Waals surface area (Å²) in [5.41, 5.74) is 5.57. The van der Waals surface area contributed by atoms with E-state index in [1.807, 2.05) is 0 Å². The van der Waals surface area contributed by atoms with Crippen molar-refractivity contribution in [3.8, 4) is 5.75 Å². The van der Waals surface area contributed by atoms with E-state index in [0.717, 1.165) is 0 Å². The maximum absolute atomic E-state index is 12.0. The van der Waals surface area contributed by atoms with Gasteiger partial charge in [0.15, 0.2) is 0 Å². The molecule has 0 fully saturated rings. The van der Waals surface area contributed by atoms with Gasteiger partial charge in [-0.2, -0.15) is 0 Å². The number of carbonyl (C=O) groups is 2. The molecule has 1 aromatic carbocycles. The molecule has 0 bridgehead atoms. The van der Waals surface area contributed by atoms with E-state index < -0.39 is 11.9 Å². The minimum atomic E-state index is -0.671. The van der Waals surface area contributed by atoms with Crippen LogP contribution < -0.4 is 15.8 Å². The van der Waals surface area contributed by atoms with E-state index in [1.54, 1.807) is 25.1 Å². The van der Waals surface area contributed by atoms with Gasteiger partial charge in [0.05, 0.1) is 12.7 Å². The van der Waals surface area contributed by atoms with E-state index in [-0.39, 0.29) is 5.91 Å². The molecule has 0 heterocycles. The maximum Gasteiger partial charge on any atom is 0.253 e. The van der Waals surface area contributed by atoms with Crippen LogP contribution in [0.5, 0.6) is 5.75 Å². The monoisotopic (exact) mass is 314 g/mol. The van der Waals surface area contributed by atoms with Gasteiger partial charge >= 0.3 is 0 Å². The molecule has 0 aliphatic carbocycles. The van der Waals surface area contributed by atoms with Gasteiger partial charge in [-0.3, -0.25) is 9.59 Å². The van der Waals surface area contributed by atoms with Crippen LogP contribution in [0.1, 0.15) is 23.7 Å². The second kappa shape index (κ2) is 6.39. The Labute approximate surface area is 114 Å². The minimum absolute atomic E-state index is 0.369. The quantitative estimate of drug-likeness (QED) is 0.863. The predicted molar refractivity (Wildman–Crippen MR) is 71.4 cm³/mol. The minimum Gasteiger partial charge on any atom is -0.497 e. The fourth-order valence-corrected chi connectivity index (χ4v) is 1.84. The van der Waals surface area contributed by atoms with E-state index in [9.17, 15) is 9.59 Å². The largest absolute Gasteiger partial charge is 0.497 e. The fourth-order valence-electron chi connectivity index (χ4n) is 1.42. The predicted octanol–water partition coefficient (Wildman–Crippen LogP) is 1.45. The van der Waals surface area contributed by atoms with E-state index in [1.165, 1.54) is 7.11 Å². The average molecular weight is 315 g/mol. The van der Waals surface area contributed by atoms with Crippen LogP contribution in [0.15, 0.2) is 22.7 Å². The van der Waals surface area contributed by atoms with Crippen molar-refractivity contribution in [2.24, 2.45) is 5.73 Å². The first-order chi connectivity index (χ1) is 8.49. The van der Waals surface area contributed by atoms with Crippen LogP contribution >= 0.6 is 15.9 Å². The molecule has 0 saturated heterocycles. The van der Waals surface area contributed by atoms with Crippen LogP contribution in [-0.4, -0.2) is 25.0 Å². The van der Waals surface area contributed by atoms with Gasteiger partial charge in [0, 0.05) is 4.47 Å². The van der Waals surface area contributed by atoms with Crippen LogP contribution in [0.3, 0.4) is 0 Å². The van der Waals surface area contributed by atoms with Crippen LogP contribution in [0.25, 0.3) is 0 Å². The third kappa shape index (κ3) is 3.46. The molecule has 0 aliphatic heterocycles. The number of hydrogen-bond donors (Lipinski definition) is 2. The van der Waals surface area contributed by atoms with Gasteiger partial charge in [0.1, 0.15) is 11.8 Å². The first-order valence-electron chi connectivity index (χ1n) is 5.43. The molecular formula is C12H15BrN2O3. The van der Waals surface area contributed by atoms with Crippen molar-refractivity contribution in [3.05, 3.63) is 28.2 Å². The number of nitrogens with two attached hydrogens (primary N) is 1. The summed E-state index contributed by atoms with van der Waals surface area (Å²) in [7, 11) is 1.52. The Kier molecular flexibility index (Phi) is 5.15. The zero-order chi connectivity index (χ0) is 13.7. The number of amides is 2. The second-order valence-electron chi connectivity index (χ2n) is 3.68. The molecule has 1 aromatic rings. The summed E-state index contributed by atoms with van der Waals surface area (Å²) in [4.78, 5) is 23.1. The van der Waals surface area contributed by atoms with Crippen molar-refractivity contribution in [3.63, 3.8) is 0 Å².